The Kier molecular flexibility index (Phi) is 2.86. The minimum absolute atomic E-state index is 0.417. The summed E-state index contributed by atoms with van der Waals surface area (Å²) in [5, 5.41) is 0. The van der Waals surface area contributed by atoms with E-state index in [1.807, 2.05) is 6.92 Å². The predicted molar refractivity (Wildman–Crippen MR) is 60.7 cm³/mol. The van der Waals surface area contributed by atoms with Gasteiger partial charge in [0.05, 0.1) is 5.69 Å². The molecule has 0 aliphatic carbocycles. The van der Waals surface area contributed by atoms with Crippen molar-refractivity contribution in [2.24, 2.45) is 11.7 Å². The first-order chi connectivity index (χ1) is 7.24. The maximum atomic E-state index is 5.81. The van der Waals surface area contributed by atoms with Crippen LogP contribution in [0, 0.1) is 12.8 Å². The number of nitrogens with zero attached hydrogens (tertiary/aromatic N) is 3. The molecule has 4 nitrogen and oxygen atoms in total. The van der Waals surface area contributed by atoms with Crippen LogP contribution in [0.3, 0.4) is 0 Å². The van der Waals surface area contributed by atoms with Gasteiger partial charge in [0.1, 0.15) is 5.82 Å². The lowest BCUT2D eigenvalue weighted by molar-refractivity contribution is 0.517. The van der Waals surface area contributed by atoms with E-state index < -0.39 is 0 Å². The molecule has 0 saturated carbocycles. The van der Waals surface area contributed by atoms with E-state index in [0.717, 1.165) is 18.1 Å². The van der Waals surface area contributed by atoms with Crippen molar-refractivity contribution >= 4 is 5.82 Å². The van der Waals surface area contributed by atoms with E-state index in [2.05, 4.69) is 21.8 Å². The first-order valence-corrected chi connectivity index (χ1v) is 5.48. The molecule has 1 aromatic rings. The predicted octanol–water partition coefficient (Wildman–Crippen LogP) is 0.959. The Morgan fingerprint density at radius 3 is 2.87 bits per heavy atom. The number of nitrogens with two attached hydrogens (primary N) is 1. The summed E-state index contributed by atoms with van der Waals surface area (Å²) < 4.78 is 0. The van der Waals surface area contributed by atoms with E-state index in [-0.39, 0.29) is 0 Å². The monoisotopic (exact) mass is 206 g/mol. The Bertz CT molecular complexity index is 339. The third kappa shape index (κ3) is 1.81. The molecule has 2 unspecified atom stereocenters. The average Bonchev–Trinajstić information content (AvgIpc) is 2.60. The number of aryl methyl sites for hydroxylation is 1. The molecule has 15 heavy (non-hydrogen) atoms. The number of hydrogen-bond donors (Lipinski definition) is 1. The first kappa shape index (κ1) is 10.4. The molecule has 1 aliphatic rings. The highest BCUT2D eigenvalue weighted by Crippen LogP contribution is 2.28. The summed E-state index contributed by atoms with van der Waals surface area (Å²) in [5.41, 5.74) is 6.80. The number of anilines is 1. The zero-order valence-corrected chi connectivity index (χ0v) is 9.35. The minimum atomic E-state index is 0.417. The van der Waals surface area contributed by atoms with Crippen LogP contribution < -0.4 is 10.6 Å². The molecule has 0 aromatic carbocycles. The molecule has 82 valence electrons. The summed E-state index contributed by atoms with van der Waals surface area (Å²) in [6.07, 6.45) is 4.67. The molecule has 2 N–H and O–H groups in total. The summed E-state index contributed by atoms with van der Waals surface area (Å²) in [6, 6.07) is 0.417. The Labute approximate surface area is 90.5 Å². The summed E-state index contributed by atoms with van der Waals surface area (Å²) in [7, 11) is 0. The van der Waals surface area contributed by atoms with E-state index in [1.165, 1.54) is 6.42 Å². The third-order valence-corrected chi connectivity index (χ3v) is 3.25. The van der Waals surface area contributed by atoms with Crippen LogP contribution in [0.1, 0.15) is 19.0 Å². The van der Waals surface area contributed by atoms with Crippen molar-refractivity contribution in [2.45, 2.75) is 26.3 Å². The summed E-state index contributed by atoms with van der Waals surface area (Å²) in [6.45, 7) is 5.99. The molecule has 4 heteroatoms. The van der Waals surface area contributed by atoms with Crippen LogP contribution in [0.15, 0.2) is 12.4 Å². The fourth-order valence-corrected chi connectivity index (χ4v) is 2.31. The van der Waals surface area contributed by atoms with Crippen LogP contribution in [0.25, 0.3) is 0 Å². The molecule has 0 spiro atoms. The highest BCUT2D eigenvalue weighted by molar-refractivity contribution is 5.45. The molecule has 1 saturated heterocycles. The van der Waals surface area contributed by atoms with Crippen molar-refractivity contribution in [3.63, 3.8) is 0 Å². The van der Waals surface area contributed by atoms with Crippen LogP contribution in [0.2, 0.25) is 0 Å². The first-order valence-electron chi connectivity index (χ1n) is 5.48. The van der Waals surface area contributed by atoms with Crippen molar-refractivity contribution in [1.82, 2.24) is 9.97 Å². The molecular weight excluding hydrogens is 188 g/mol. The van der Waals surface area contributed by atoms with Crippen LogP contribution >= 0.6 is 0 Å². The van der Waals surface area contributed by atoms with E-state index >= 15 is 0 Å². The van der Waals surface area contributed by atoms with Gasteiger partial charge in [-0.15, -0.1) is 0 Å². The third-order valence-electron chi connectivity index (χ3n) is 3.25. The number of hydrogen-bond acceptors (Lipinski definition) is 4. The van der Waals surface area contributed by atoms with Gasteiger partial charge in [0.15, 0.2) is 0 Å². The maximum Gasteiger partial charge on any atom is 0.150 e. The smallest absolute Gasteiger partial charge is 0.150 e. The van der Waals surface area contributed by atoms with Crippen LogP contribution in [0.5, 0.6) is 0 Å². The maximum absolute atomic E-state index is 5.81. The molecule has 2 rings (SSSR count). The average molecular weight is 206 g/mol. The minimum Gasteiger partial charge on any atom is -0.351 e. The number of aromatic nitrogens is 2. The van der Waals surface area contributed by atoms with E-state index in [4.69, 9.17) is 5.73 Å². The molecule has 2 atom stereocenters. The lowest BCUT2D eigenvalue weighted by atomic mass is 10.0. The second-order valence-corrected chi connectivity index (χ2v) is 4.23. The summed E-state index contributed by atoms with van der Waals surface area (Å²) >= 11 is 0. The van der Waals surface area contributed by atoms with Crippen molar-refractivity contribution in [3.05, 3.63) is 18.1 Å². The number of rotatable bonds is 2. The molecular formula is C11H18N4. The Morgan fingerprint density at radius 2 is 2.20 bits per heavy atom. The molecule has 2 heterocycles. The van der Waals surface area contributed by atoms with E-state index in [9.17, 15) is 0 Å². The van der Waals surface area contributed by atoms with Crippen molar-refractivity contribution in [3.8, 4) is 0 Å². The fraction of sp³-hybridized carbons (Fsp3) is 0.636. The van der Waals surface area contributed by atoms with Gasteiger partial charge in [0.25, 0.3) is 0 Å². The quantitative estimate of drug-likeness (QED) is 0.783. The second kappa shape index (κ2) is 4.14. The zero-order chi connectivity index (χ0) is 10.8. The highest BCUT2D eigenvalue weighted by Gasteiger charge is 2.31. The lowest BCUT2D eigenvalue weighted by Gasteiger charge is -2.27. The van der Waals surface area contributed by atoms with Gasteiger partial charge in [-0.25, -0.2) is 4.98 Å². The molecule has 0 amide bonds. The van der Waals surface area contributed by atoms with E-state index in [1.54, 1.807) is 12.4 Å². The Hall–Kier alpha value is -1.16. The van der Waals surface area contributed by atoms with Crippen LogP contribution in [0.4, 0.5) is 5.82 Å². The van der Waals surface area contributed by atoms with Gasteiger partial charge >= 0.3 is 0 Å². The lowest BCUT2D eigenvalue weighted by Crippen LogP contribution is -2.39. The topological polar surface area (TPSA) is 55.0 Å². The van der Waals surface area contributed by atoms with Crippen molar-refractivity contribution < 1.29 is 0 Å². The van der Waals surface area contributed by atoms with Gasteiger partial charge in [0.2, 0.25) is 0 Å². The molecule has 0 bridgehead atoms. The van der Waals surface area contributed by atoms with Gasteiger partial charge in [-0.1, -0.05) is 6.92 Å². The zero-order valence-electron chi connectivity index (χ0n) is 9.35. The molecule has 1 aromatic heterocycles. The molecule has 1 aliphatic heterocycles. The Morgan fingerprint density at radius 1 is 1.47 bits per heavy atom. The van der Waals surface area contributed by atoms with Gasteiger partial charge in [-0.3, -0.25) is 4.98 Å². The second-order valence-electron chi connectivity index (χ2n) is 4.23. The van der Waals surface area contributed by atoms with Gasteiger partial charge in [-0.2, -0.15) is 0 Å². The standard InChI is InChI=1S/C11H18N4/c1-8-3-6-15(10(8)7-12)11-9(2)13-4-5-14-11/h4-5,8,10H,3,6-7,12H2,1-2H3. The van der Waals surface area contributed by atoms with Gasteiger partial charge in [-0.05, 0) is 19.3 Å². The SMILES string of the molecule is Cc1nccnc1N1CCC(C)C1CN. The van der Waals surface area contributed by atoms with Crippen molar-refractivity contribution in [1.29, 1.82) is 0 Å². The highest BCUT2D eigenvalue weighted by atomic mass is 15.2. The fourth-order valence-electron chi connectivity index (χ4n) is 2.31. The normalized spacial score (nSPS) is 25.9. The van der Waals surface area contributed by atoms with Gasteiger partial charge in [0, 0.05) is 31.5 Å². The summed E-state index contributed by atoms with van der Waals surface area (Å²) in [5.74, 6) is 1.65. The summed E-state index contributed by atoms with van der Waals surface area (Å²) in [4.78, 5) is 11.0. The van der Waals surface area contributed by atoms with Crippen molar-refractivity contribution in [2.75, 3.05) is 18.0 Å². The van der Waals surface area contributed by atoms with Crippen LogP contribution in [-0.4, -0.2) is 29.1 Å². The molecule has 0 radical (unpaired) electrons. The van der Waals surface area contributed by atoms with Crippen LogP contribution in [-0.2, 0) is 0 Å². The van der Waals surface area contributed by atoms with E-state index in [0.29, 0.717) is 18.5 Å². The molecule has 1 fully saturated rings. The Balaban J connectivity index is 2.28. The van der Waals surface area contributed by atoms with Gasteiger partial charge < -0.3 is 10.6 Å². The largest absolute Gasteiger partial charge is 0.351 e.